The molecule has 1 amide bonds. The van der Waals surface area contributed by atoms with Crippen molar-refractivity contribution in [1.29, 1.82) is 0 Å². The lowest BCUT2D eigenvalue weighted by atomic mass is 10.1. The molecule has 0 spiro atoms. The summed E-state index contributed by atoms with van der Waals surface area (Å²) in [4.78, 5) is 18.5. The molecule has 0 bridgehead atoms. The minimum absolute atomic E-state index is 0.0391. The molecule has 0 radical (unpaired) electrons. The van der Waals surface area contributed by atoms with Gasteiger partial charge in [-0.05, 0) is 32.4 Å². The number of hydrogen-bond donors (Lipinski definition) is 2. The Kier molecular flexibility index (Phi) is 4.50. The second-order valence-corrected chi connectivity index (χ2v) is 5.23. The topological polar surface area (TPSA) is 65.5 Å². The van der Waals surface area contributed by atoms with E-state index in [1.54, 1.807) is 11.1 Å². The SMILES string of the molecule is CC(C)N(Cc1ccccn1)C(=O)C1CC(O)CN1. The molecule has 5 nitrogen and oxygen atoms in total. The molecule has 2 heterocycles. The number of nitrogens with one attached hydrogen (secondary N) is 1. The highest BCUT2D eigenvalue weighted by Gasteiger charge is 2.32. The maximum Gasteiger partial charge on any atom is 0.240 e. The molecule has 1 aliphatic heterocycles. The molecular formula is C14H21N3O2. The second kappa shape index (κ2) is 6.12. The fraction of sp³-hybridized carbons (Fsp3) is 0.571. The van der Waals surface area contributed by atoms with E-state index in [1.807, 2.05) is 32.0 Å². The molecule has 5 heteroatoms. The molecule has 2 rings (SSSR count). The Hall–Kier alpha value is -1.46. The maximum absolute atomic E-state index is 12.5. The zero-order valence-corrected chi connectivity index (χ0v) is 11.4. The molecule has 1 aliphatic rings. The van der Waals surface area contributed by atoms with E-state index in [-0.39, 0.29) is 18.0 Å². The van der Waals surface area contributed by atoms with E-state index in [9.17, 15) is 9.90 Å². The minimum atomic E-state index is -0.419. The van der Waals surface area contributed by atoms with Crippen LogP contribution in [0.1, 0.15) is 26.0 Å². The third-order valence-corrected chi connectivity index (χ3v) is 3.37. The van der Waals surface area contributed by atoms with Crippen LogP contribution in [0.5, 0.6) is 0 Å². The molecule has 1 aromatic heterocycles. The van der Waals surface area contributed by atoms with E-state index in [2.05, 4.69) is 10.3 Å². The fourth-order valence-corrected chi connectivity index (χ4v) is 2.29. The van der Waals surface area contributed by atoms with E-state index in [0.29, 0.717) is 19.5 Å². The Balaban J connectivity index is 2.05. The largest absolute Gasteiger partial charge is 0.392 e. The van der Waals surface area contributed by atoms with Crippen molar-refractivity contribution in [3.05, 3.63) is 30.1 Å². The first-order chi connectivity index (χ1) is 9.08. The van der Waals surface area contributed by atoms with E-state index < -0.39 is 6.10 Å². The van der Waals surface area contributed by atoms with Gasteiger partial charge in [0.1, 0.15) is 0 Å². The molecule has 104 valence electrons. The number of carbonyl (C=O) groups excluding carboxylic acids is 1. The summed E-state index contributed by atoms with van der Waals surface area (Å²) in [5.41, 5.74) is 0.878. The molecule has 2 N–H and O–H groups in total. The molecule has 2 unspecified atom stereocenters. The normalized spacial score (nSPS) is 22.7. The molecule has 1 aromatic rings. The average molecular weight is 263 g/mol. The Morgan fingerprint density at radius 3 is 2.89 bits per heavy atom. The van der Waals surface area contributed by atoms with Crippen LogP contribution in [0.4, 0.5) is 0 Å². The predicted octanol–water partition coefficient (Wildman–Crippen LogP) is 0.541. The number of aliphatic hydroxyl groups is 1. The van der Waals surface area contributed by atoms with Crippen LogP contribution in [-0.4, -0.2) is 45.6 Å². The van der Waals surface area contributed by atoms with Gasteiger partial charge in [0.2, 0.25) is 5.91 Å². The molecule has 2 atom stereocenters. The molecular weight excluding hydrogens is 242 g/mol. The van der Waals surface area contributed by atoms with Crippen LogP contribution in [-0.2, 0) is 11.3 Å². The van der Waals surface area contributed by atoms with Gasteiger partial charge in [0.25, 0.3) is 0 Å². The van der Waals surface area contributed by atoms with Crippen LogP contribution < -0.4 is 5.32 Å². The minimum Gasteiger partial charge on any atom is -0.392 e. The monoisotopic (exact) mass is 263 g/mol. The van der Waals surface area contributed by atoms with E-state index in [4.69, 9.17) is 0 Å². The Morgan fingerprint density at radius 2 is 2.37 bits per heavy atom. The first kappa shape index (κ1) is 14.0. The lowest BCUT2D eigenvalue weighted by Gasteiger charge is -2.29. The van der Waals surface area contributed by atoms with Crippen molar-refractivity contribution in [2.24, 2.45) is 0 Å². The van der Waals surface area contributed by atoms with Crippen LogP contribution in [0.25, 0.3) is 0 Å². The number of aliphatic hydroxyl groups excluding tert-OH is 1. The van der Waals surface area contributed by atoms with E-state index in [0.717, 1.165) is 5.69 Å². The van der Waals surface area contributed by atoms with Gasteiger partial charge in [-0.2, -0.15) is 0 Å². The Labute approximate surface area is 113 Å². The van der Waals surface area contributed by atoms with Crippen molar-refractivity contribution in [1.82, 2.24) is 15.2 Å². The number of β-amino-alcohol motifs (C(OH)–C–C–N with tert-alkyl or cyclic N) is 1. The Bertz CT molecular complexity index is 422. The lowest BCUT2D eigenvalue weighted by molar-refractivity contribution is -0.135. The van der Waals surface area contributed by atoms with E-state index in [1.165, 1.54) is 0 Å². The van der Waals surface area contributed by atoms with Gasteiger partial charge in [0.05, 0.1) is 24.4 Å². The van der Waals surface area contributed by atoms with Gasteiger partial charge in [-0.25, -0.2) is 0 Å². The third-order valence-electron chi connectivity index (χ3n) is 3.37. The van der Waals surface area contributed by atoms with Gasteiger partial charge in [-0.1, -0.05) is 6.07 Å². The number of hydrogen-bond acceptors (Lipinski definition) is 4. The zero-order chi connectivity index (χ0) is 13.8. The Morgan fingerprint density at radius 1 is 1.58 bits per heavy atom. The highest BCUT2D eigenvalue weighted by molar-refractivity contribution is 5.82. The van der Waals surface area contributed by atoms with Crippen molar-refractivity contribution in [3.63, 3.8) is 0 Å². The smallest absolute Gasteiger partial charge is 0.240 e. The number of rotatable bonds is 4. The van der Waals surface area contributed by atoms with Crippen LogP contribution >= 0.6 is 0 Å². The van der Waals surface area contributed by atoms with E-state index >= 15 is 0 Å². The van der Waals surface area contributed by atoms with Gasteiger partial charge in [0, 0.05) is 18.8 Å². The standard InChI is InChI=1S/C14H21N3O2/c1-10(2)17(9-11-5-3-4-6-15-11)14(19)13-7-12(18)8-16-13/h3-6,10,12-13,16,18H,7-9H2,1-2H3. The van der Waals surface area contributed by atoms with Gasteiger partial charge in [-0.3, -0.25) is 9.78 Å². The first-order valence-corrected chi connectivity index (χ1v) is 6.69. The van der Waals surface area contributed by atoms with Crippen molar-refractivity contribution in [2.45, 2.75) is 45.0 Å². The number of amides is 1. The van der Waals surface area contributed by atoms with Crippen LogP contribution in [0.2, 0.25) is 0 Å². The second-order valence-electron chi connectivity index (χ2n) is 5.23. The average Bonchev–Trinajstić information content (AvgIpc) is 2.83. The number of aromatic nitrogens is 1. The fourth-order valence-electron chi connectivity index (χ4n) is 2.29. The van der Waals surface area contributed by atoms with Crippen molar-refractivity contribution in [2.75, 3.05) is 6.54 Å². The molecule has 1 fully saturated rings. The number of pyridine rings is 1. The van der Waals surface area contributed by atoms with Crippen LogP contribution in [0, 0.1) is 0 Å². The number of carbonyl (C=O) groups is 1. The quantitative estimate of drug-likeness (QED) is 0.832. The summed E-state index contributed by atoms with van der Waals surface area (Å²) in [6.07, 6.45) is 1.80. The predicted molar refractivity (Wildman–Crippen MR) is 72.3 cm³/mol. The van der Waals surface area contributed by atoms with Crippen molar-refractivity contribution < 1.29 is 9.90 Å². The summed E-state index contributed by atoms with van der Waals surface area (Å²) in [5, 5.41) is 12.6. The molecule has 19 heavy (non-hydrogen) atoms. The third kappa shape index (κ3) is 3.52. The van der Waals surface area contributed by atoms with Crippen LogP contribution in [0.3, 0.4) is 0 Å². The summed E-state index contributed by atoms with van der Waals surface area (Å²) in [7, 11) is 0. The maximum atomic E-state index is 12.5. The summed E-state index contributed by atoms with van der Waals surface area (Å²) >= 11 is 0. The molecule has 0 aromatic carbocycles. The van der Waals surface area contributed by atoms with Crippen molar-refractivity contribution >= 4 is 5.91 Å². The molecule has 0 aliphatic carbocycles. The van der Waals surface area contributed by atoms with Crippen LogP contribution in [0.15, 0.2) is 24.4 Å². The van der Waals surface area contributed by atoms with Gasteiger partial charge < -0.3 is 15.3 Å². The summed E-state index contributed by atoms with van der Waals surface area (Å²) < 4.78 is 0. The molecule has 0 saturated carbocycles. The zero-order valence-electron chi connectivity index (χ0n) is 11.4. The summed E-state index contributed by atoms with van der Waals surface area (Å²) in [6.45, 7) is 4.98. The lowest BCUT2D eigenvalue weighted by Crippen LogP contribution is -2.46. The summed E-state index contributed by atoms with van der Waals surface area (Å²) in [6, 6.07) is 5.53. The van der Waals surface area contributed by atoms with Gasteiger partial charge in [-0.15, -0.1) is 0 Å². The van der Waals surface area contributed by atoms with Gasteiger partial charge >= 0.3 is 0 Å². The van der Waals surface area contributed by atoms with Gasteiger partial charge in [0.15, 0.2) is 0 Å². The number of nitrogens with zero attached hydrogens (tertiary/aromatic N) is 2. The molecule has 1 saturated heterocycles. The highest BCUT2D eigenvalue weighted by atomic mass is 16.3. The highest BCUT2D eigenvalue weighted by Crippen LogP contribution is 2.14. The summed E-state index contributed by atoms with van der Waals surface area (Å²) in [5.74, 6) is 0.0391. The van der Waals surface area contributed by atoms with Crippen molar-refractivity contribution in [3.8, 4) is 0 Å². The first-order valence-electron chi connectivity index (χ1n) is 6.69.